The minimum absolute atomic E-state index is 0.106. The van der Waals surface area contributed by atoms with Crippen molar-refractivity contribution in [3.63, 3.8) is 0 Å². The van der Waals surface area contributed by atoms with E-state index in [-0.39, 0.29) is 17.5 Å². The molecule has 0 fully saturated rings. The molecule has 1 unspecified atom stereocenters. The van der Waals surface area contributed by atoms with Gasteiger partial charge in [0.1, 0.15) is 5.76 Å². The highest BCUT2D eigenvalue weighted by molar-refractivity contribution is 6.32. The van der Waals surface area contributed by atoms with Gasteiger partial charge >= 0.3 is 12.1 Å². The van der Waals surface area contributed by atoms with Gasteiger partial charge in [-0.2, -0.15) is 13.2 Å². The van der Waals surface area contributed by atoms with Crippen LogP contribution in [0, 0.1) is 0 Å². The molecule has 0 amide bonds. The number of carbonyl (C=O) groups excluding carboxylic acids is 1. The quantitative estimate of drug-likeness (QED) is 0.157. The molecule has 9 heteroatoms. The Bertz CT molecular complexity index is 1190. The number of allylic oxidation sites excluding steroid dienone is 4. The van der Waals surface area contributed by atoms with Gasteiger partial charge < -0.3 is 9.47 Å². The van der Waals surface area contributed by atoms with Gasteiger partial charge in [-0.25, -0.2) is 4.79 Å². The summed E-state index contributed by atoms with van der Waals surface area (Å²) in [5.41, 5.74) is 1.45. The number of halogens is 5. The lowest BCUT2D eigenvalue weighted by atomic mass is 10.00. The van der Waals surface area contributed by atoms with E-state index in [1.54, 1.807) is 6.07 Å². The maximum atomic E-state index is 13.4. The van der Waals surface area contributed by atoms with Crippen LogP contribution in [-0.4, -0.2) is 37.7 Å². The minimum Gasteiger partial charge on any atom is -0.498 e. The molecule has 0 heterocycles. The van der Waals surface area contributed by atoms with E-state index >= 15 is 0 Å². The summed E-state index contributed by atoms with van der Waals surface area (Å²) in [6.07, 6.45) is 3.49. The number of rotatable bonds is 11. The van der Waals surface area contributed by atoms with E-state index in [0.717, 1.165) is 23.0 Å². The second-order valence-electron chi connectivity index (χ2n) is 9.08. The molecule has 0 aromatic heterocycles. The van der Waals surface area contributed by atoms with Gasteiger partial charge in [0, 0.05) is 37.2 Å². The number of hydrogen-bond acceptors (Lipinski definition) is 4. The topological polar surface area (TPSA) is 38.8 Å². The van der Waals surface area contributed by atoms with Crippen LogP contribution < -0.4 is 0 Å². The molecule has 204 valence electrons. The SMILES string of the molecule is COC(=O)/C=C1\C=CC=C(OCCCN(Cc2cccc(C(F)(F)F)c2Cl)CC(C)c2ccc(Cl)cc2)C1. The number of benzene rings is 2. The fraction of sp³-hybridized carbons (Fsp3) is 0.345. The van der Waals surface area contributed by atoms with E-state index in [1.807, 2.05) is 42.5 Å². The number of carbonyl (C=O) groups is 1. The Balaban J connectivity index is 1.66. The Labute approximate surface area is 231 Å². The molecular formula is C29H30Cl2F3NO3. The van der Waals surface area contributed by atoms with Gasteiger partial charge in [0.05, 0.1) is 24.3 Å². The van der Waals surface area contributed by atoms with Crippen molar-refractivity contribution in [2.45, 2.75) is 38.4 Å². The fourth-order valence-electron chi connectivity index (χ4n) is 4.18. The van der Waals surface area contributed by atoms with Crippen molar-refractivity contribution >= 4 is 29.2 Å². The molecule has 4 nitrogen and oxygen atoms in total. The lowest BCUT2D eigenvalue weighted by molar-refractivity contribution is -0.137. The normalized spacial score (nSPS) is 15.5. The smallest absolute Gasteiger partial charge is 0.417 e. The molecule has 0 aliphatic heterocycles. The number of nitrogens with zero attached hydrogens (tertiary/aromatic N) is 1. The predicted octanol–water partition coefficient (Wildman–Crippen LogP) is 7.97. The number of methoxy groups -OCH3 is 1. The minimum atomic E-state index is -4.52. The molecule has 1 atom stereocenters. The summed E-state index contributed by atoms with van der Waals surface area (Å²) in [4.78, 5) is 13.6. The Kier molecular flexibility index (Phi) is 10.9. The van der Waals surface area contributed by atoms with Crippen LogP contribution in [0.5, 0.6) is 0 Å². The van der Waals surface area contributed by atoms with Crippen molar-refractivity contribution in [3.05, 3.63) is 105 Å². The van der Waals surface area contributed by atoms with E-state index in [0.29, 0.717) is 43.1 Å². The van der Waals surface area contributed by atoms with Crippen molar-refractivity contribution in [1.82, 2.24) is 4.90 Å². The first-order valence-electron chi connectivity index (χ1n) is 12.2. The van der Waals surface area contributed by atoms with Gasteiger partial charge in [-0.3, -0.25) is 4.90 Å². The van der Waals surface area contributed by atoms with Gasteiger partial charge in [-0.1, -0.05) is 66.5 Å². The highest BCUT2D eigenvalue weighted by atomic mass is 35.5. The van der Waals surface area contributed by atoms with Crippen molar-refractivity contribution in [3.8, 4) is 0 Å². The van der Waals surface area contributed by atoms with Crippen LogP contribution in [0.15, 0.2) is 78.1 Å². The Morgan fingerprint density at radius 2 is 1.89 bits per heavy atom. The highest BCUT2D eigenvalue weighted by Crippen LogP contribution is 2.36. The van der Waals surface area contributed by atoms with Crippen molar-refractivity contribution in [2.24, 2.45) is 0 Å². The number of ether oxygens (including phenoxy) is 2. The van der Waals surface area contributed by atoms with Crippen molar-refractivity contribution in [2.75, 3.05) is 26.8 Å². The zero-order valence-corrected chi connectivity index (χ0v) is 22.7. The largest absolute Gasteiger partial charge is 0.498 e. The summed E-state index contributed by atoms with van der Waals surface area (Å²) in [7, 11) is 1.32. The van der Waals surface area contributed by atoms with Crippen LogP contribution in [-0.2, 0) is 27.0 Å². The van der Waals surface area contributed by atoms with Crippen LogP contribution in [0.3, 0.4) is 0 Å². The maximum Gasteiger partial charge on any atom is 0.417 e. The molecule has 0 bridgehead atoms. The van der Waals surface area contributed by atoms with Crippen LogP contribution in [0.4, 0.5) is 13.2 Å². The van der Waals surface area contributed by atoms with Crippen LogP contribution in [0.1, 0.15) is 42.4 Å². The van der Waals surface area contributed by atoms with Gasteiger partial charge in [0.15, 0.2) is 0 Å². The summed E-state index contributed by atoms with van der Waals surface area (Å²) in [6, 6.07) is 11.6. The van der Waals surface area contributed by atoms with Crippen molar-refractivity contribution in [1.29, 1.82) is 0 Å². The first kappa shape index (κ1) is 29.8. The lowest BCUT2D eigenvalue weighted by Crippen LogP contribution is -2.29. The third kappa shape index (κ3) is 8.93. The average molecular weight is 568 g/mol. The van der Waals surface area contributed by atoms with Crippen LogP contribution in [0.2, 0.25) is 10.0 Å². The van der Waals surface area contributed by atoms with E-state index in [4.69, 9.17) is 27.9 Å². The van der Waals surface area contributed by atoms with E-state index in [2.05, 4.69) is 16.6 Å². The number of hydrogen-bond donors (Lipinski definition) is 0. The predicted molar refractivity (Wildman–Crippen MR) is 144 cm³/mol. The van der Waals surface area contributed by atoms with Crippen LogP contribution >= 0.6 is 23.2 Å². The fourth-order valence-corrected chi connectivity index (χ4v) is 4.60. The molecule has 3 rings (SSSR count). The standard InChI is InChI=1S/C29H30Cl2F3NO3/c1-20(22-10-12-24(30)13-11-22)18-35(19-23-7-4-9-26(28(23)31)29(32,33)34)14-5-15-38-25-8-3-6-21(16-25)17-27(36)37-2/h3-4,6-13,17,20H,5,14-16,18-19H2,1-2H3/b21-17+. The second-order valence-corrected chi connectivity index (χ2v) is 9.89. The zero-order valence-electron chi connectivity index (χ0n) is 21.2. The molecule has 0 N–H and O–H groups in total. The Hall–Kier alpha value is -2.74. The van der Waals surface area contributed by atoms with Crippen molar-refractivity contribution < 1.29 is 27.4 Å². The van der Waals surface area contributed by atoms with Gasteiger partial charge in [0.2, 0.25) is 0 Å². The van der Waals surface area contributed by atoms with E-state index in [9.17, 15) is 18.0 Å². The van der Waals surface area contributed by atoms with Gasteiger partial charge in [-0.15, -0.1) is 0 Å². The third-order valence-corrected chi connectivity index (χ3v) is 6.83. The molecule has 0 spiro atoms. The molecule has 2 aromatic carbocycles. The lowest BCUT2D eigenvalue weighted by Gasteiger charge is -2.27. The zero-order chi connectivity index (χ0) is 27.7. The number of esters is 1. The molecule has 0 saturated carbocycles. The molecular weight excluding hydrogens is 538 g/mol. The third-order valence-electron chi connectivity index (χ3n) is 6.13. The Morgan fingerprint density at radius 1 is 1.16 bits per heavy atom. The maximum absolute atomic E-state index is 13.4. The van der Waals surface area contributed by atoms with E-state index < -0.39 is 17.7 Å². The summed E-state index contributed by atoms with van der Waals surface area (Å²) in [6.45, 7) is 3.92. The van der Waals surface area contributed by atoms with Crippen LogP contribution in [0.25, 0.3) is 0 Å². The average Bonchev–Trinajstić information content (AvgIpc) is 2.87. The first-order chi connectivity index (χ1) is 18.1. The summed E-state index contributed by atoms with van der Waals surface area (Å²) in [5.74, 6) is 0.407. The number of alkyl halides is 3. The molecule has 38 heavy (non-hydrogen) atoms. The monoisotopic (exact) mass is 567 g/mol. The Morgan fingerprint density at radius 3 is 2.58 bits per heavy atom. The van der Waals surface area contributed by atoms with E-state index in [1.165, 1.54) is 19.3 Å². The molecule has 2 aromatic rings. The molecule has 1 aliphatic rings. The molecule has 1 aliphatic carbocycles. The summed E-state index contributed by atoms with van der Waals surface area (Å²) >= 11 is 12.2. The molecule has 0 saturated heterocycles. The second kappa shape index (κ2) is 13.9. The summed E-state index contributed by atoms with van der Waals surface area (Å²) in [5, 5.41) is 0.367. The van der Waals surface area contributed by atoms with Gasteiger partial charge in [-0.05, 0) is 53.3 Å². The summed E-state index contributed by atoms with van der Waals surface area (Å²) < 4.78 is 50.8. The highest BCUT2D eigenvalue weighted by Gasteiger charge is 2.34. The molecule has 0 radical (unpaired) electrons. The van der Waals surface area contributed by atoms with Gasteiger partial charge in [0.25, 0.3) is 0 Å². The first-order valence-corrected chi connectivity index (χ1v) is 12.9.